The van der Waals surface area contributed by atoms with Gasteiger partial charge >= 0.3 is 0 Å². The van der Waals surface area contributed by atoms with E-state index in [1.807, 2.05) is 38.1 Å². The second kappa shape index (κ2) is 6.66. The van der Waals surface area contributed by atoms with Crippen molar-refractivity contribution in [2.75, 3.05) is 0 Å². The van der Waals surface area contributed by atoms with Crippen molar-refractivity contribution in [3.8, 4) is 21.7 Å². The van der Waals surface area contributed by atoms with E-state index < -0.39 is 0 Å². The Morgan fingerprint density at radius 2 is 2.00 bits per heavy atom. The number of hydrogen-bond donors (Lipinski definition) is 1. The largest absolute Gasteiger partial charge is 0.346 e. The van der Waals surface area contributed by atoms with Gasteiger partial charge < -0.3 is 4.98 Å². The van der Waals surface area contributed by atoms with Crippen LogP contribution in [0.2, 0.25) is 5.02 Å². The number of benzene rings is 1. The molecule has 132 valence electrons. The van der Waals surface area contributed by atoms with Crippen molar-refractivity contribution in [1.29, 1.82) is 0 Å². The molecule has 0 saturated heterocycles. The molecule has 4 rings (SSSR count). The predicted molar refractivity (Wildman–Crippen MR) is 112 cm³/mol. The third-order valence-electron chi connectivity index (χ3n) is 4.39. The van der Waals surface area contributed by atoms with Crippen LogP contribution < -0.4 is 5.43 Å². The summed E-state index contributed by atoms with van der Waals surface area (Å²) in [5, 5.41) is 0.919. The maximum atomic E-state index is 12.3. The summed E-state index contributed by atoms with van der Waals surface area (Å²) in [5.74, 6) is 0. The van der Waals surface area contributed by atoms with E-state index in [0.717, 1.165) is 27.3 Å². The van der Waals surface area contributed by atoms with Crippen LogP contribution in [0.4, 0.5) is 5.69 Å². The van der Waals surface area contributed by atoms with Gasteiger partial charge in [-0.3, -0.25) is 4.79 Å². The maximum absolute atomic E-state index is 12.3. The summed E-state index contributed by atoms with van der Waals surface area (Å²) >= 11 is 7.98. The van der Waals surface area contributed by atoms with Crippen LogP contribution in [0.1, 0.15) is 10.4 Å². The summed E-state index contributed by atoms with van der Waals surface area (Å²) in [6, 6.07) is 11.1. The average molecular weight is 392 g/mol. The van der Waals surface area contributed by atoms with Gasteiger partial charge in [0, 0.05) is 27.7 Å². The molecule has 1 aromatic carbocycles. The van der Waals surface area contributed by atoms with Gasteiger partial charge in [-0.15, -0.1) is 11.3 Å². The van der Waals surface area contributed by atoms with Crippen LogP contribution in [0.5, 0.6) is 0 Å². The number of thiophene rings is 1. The summed E-state index contributed by atoms with van der Waals surface area (Å²) in [6.07, 6.45) is 1.60. The van der Waals surface area contributed by atoms with Crippen molar-refractivity contribution in [2.45, 2.75) is 13.8 Å². The molecular formula is C21H14ClN3OS. The molecule has 1 N–H and O–H groups in total. The molecular weight excluding hydrogens is 378 g/mol. The average Bonchev–Trinajstić information content (AvgIpc) is 3.07. The Kier molecular flexibility index (Phi) is 4.31. The number of pyridine rings is 2. The Morgan fingerprint density at radius 3 is 2.67 bits per heavy atom. The molecule has 4 nitrogen and oxygen atoms in total. The molecule has 0 aliphatic rings. The quantitative estimate of drug-likeness (QED) is 0.417. The number of aryl methyl sites for hydroxylation is 2. The summed E-state index contributed by atoms with van der Waals surface area (Å²) < 4.78 is 0. The number of fused-ring (bicyclic) bond motifs is 1. The second-order valence-electron chi connectivity index (χ2n) is 6.27. The Bertz CT molecular complexity index is 1270. The lowest BCUT2D eigenvalue weighted by molar-refractivity contribution is 1.28. The van der Waals surface area contributed by atoms with Crippen LogP contribution >= 0.6 is 22.9 Å². The third-order valence-corrected chi connectivity index (χ3v) is 5.69. The number of rotatable bonds is 2. The Labute approximate surface area is 164 Å². The van der Waals surface area contributed by atoms with E-state index in [2.05, 4.69) is 9.83 Å². The number of H-pyrrole nitrogens is 1. The van der Waals surface area contributed by atoms with Crippen LogP contribution in [0.3, 0.4) is 0 Å². The van der Waals surface area contributed by atoms with E-state index in [-0.39, 0.29) is 5.43 Å². The maximum Gasteiger partial charge on any atom is 0.208 e. The normalized spacial score (nSPS) is 10.9. The highest BCUT2D eigenvalue weighted by molar-refractivity contribution is 7.15. The molecule has 6 heteroatoms. The van der Waals surface area contributed by atoms with Crippen molar-refractivity contribution >= 4 is 39.7 Å². The first-order valence-electron chi connectivity index (χ1n) is 8.25. The minimum atomic E-state index is -0.0907. The molecule has 0 saturated carbocycles. The molecule has 0 spiro atoms. The van der Waals surface area contributed by atoms with Crippen molar-refractivity contribution in [3.63, 3.8) is 0 Å². The van der Waals surface area contributed by atoms with Gasteiger partial charge in [-0.05, 0) is 49.2 Å². The van der Waals surface area contributed by atoms with Crippen molar-refractivity contribution in [1.82, 2.24) is 9.97 Å². The molecule has 0 aliphatic carbocycles. The molecule has 0 radical (unpaired) electrons. The summed E-state index contributed by atoms with van der Waals surface area (Å²) in [4.78, 5) is 25.8. The highest BCUT2D eigenvalue weighted by Gasteiger charge is 2.16. The van der Waals surface area contributed by atoms with Crippen LogP contribution in [0, 0.1) is 20.4 Å². The van der Waals surface area contributed by atoms with E-state index in [0.29, 0.717) is 21.7 Å². The lowest BCUT2D eigenvalue weighted by Crippen LogP contribution is -2.03. The zero-order valence-electron chi connectivity index (χ0n) is 14.6. The lowest BCUT2D eigenvalue weighted by atomic mass is 9.99. The Balaban J connectivity index is 2.08. The SMILES string of the molecule is [C-]#[N+]c1c(C)cc(-c2cc3c(=O)cc[nH]c3nc2-c2ccc(C)s2)cc1Cl. The fraction of sp³-hybridized carbons (Fsp3) is 0.0952. The van der Waals surface area contributed by atoms with E-state index in [1.54, 1.807) is 23.6 Å². The fourth-order valence-electron chi connectivity index (χ4n) is 3.10. The monoisotopic (exact) mass is 391 g/mol. The first-order chi connectivity index (χ1) is 13.0. The lowest BCUT2D eigenvalue weighted by Gasteiger charge is -2.12. The van der Waals surface area contributed by atoms with Gasteiger partial charge in [0.1, 0.15) is 5.65 Å². The fourth-order valence-corrected chi connectivity index (χ4v) is 4.28. The smallest absolute Gasteiger partial charge is 0.208 e. The molecule has 4 aromatic rings. The van der Waals surface area contributed by atoms with Gasteiger partial charge in [0.05, 0.1) is 22.5 Å². The van der Waals surface area contributed by atoms with Gasteiger partial charge in [-0.1, -0.05) is 17.7 Å². The molecule has 0 aliphatic heterocycles. The topological polar surface area (TPSA) is 50.1 Å². The molecule has 0 unspecified atom stereocenters. The van der Waals surface area contributed by atoms with E-state index in [4.69, 9.17) is 23.2 Å². The summed E-state index contributed by atoms with van der Waals surface area (Å²) in [6.45, 7) is 11.2. The third kappa shape index (κ3) is 3.03. The molecule has 0 fully saturated rings. The highest BCUT2D eigenvalue weighted by atomic mass is 35.5. The van der Waals surface area contributed by atoms with Crippen LogP contribution in [0.25, 0.3) is 37.6 Å². The van der Waals surface area contributed by atoms with Gasteiger partial charge in [0.15, 0.2) is 5.43 Å². The zero-order chi connectivity index (χ0) is 19.1. The Morgan fingerprint density at radius 1 is 1.19 bits per heavy atom. The summed E-state index contributed by atoms with van der Waals surface area (Å²) in [5.41, 5.74) is 4.14. The predicted octanol–water partition coefficient (Wildman–Crippen LogP) is 6.14. The van der Waals surface area contributed by atoms with Crippen molar-refractivity contribution < 1.29 is 0 Å². The van der Waals surface area contributed by atoms with Gasteiger partial charge in [0.2, 0.25) is 5.69 Å². The van der Waals surface area contributed by atoms with Crippen molar-refractivity contribution in [2.24, 2.45) is 0 Å². The molecule has 0 atom stereocenters. The van der Waals surface area contributed by atoms with E-state index in [9.17, 15) is 4.79 Å². The first kappa shape index (κ1) is 17.5. The molecule has 0 bridgehead atoms. The first-order valence-corrected chi connectivity index (χ1v) is 9.44. The van der Waals surface area contributed by atoms with Gasteiger partial charge in [-0.25, -0.2) is 9.83 Å². The number of nitrogens with zero attached hydrogens (tertiary/aromatic N) is 2. The van der Waals surface area contributed by atoms with E-state index in [1.165, 1.54) is 10.9 Å². The van der Waals surface area contributed by atoms with Crippen LogP contribution in [-0.4, -0.2) is 9.97 Å². The van der Waals surface area contributed by atoms with Crippen LogP contribution in [-0.2, 0) is 0 Å². The van der Waals surface area contributed by atoms with Gasteiger partial charge in [-0.2, -0.15) is 0 Å². The van der Waals surface area contributed by atoms with Crippen LogP contribution in [0.15, 0.2) is 47.4 Å². The zero-order valence-corrected chi connectivity index (χ0v) is 16.2. The molecule has 3 aromatic heterocycles. The number of hydrogen-bond acceptors (Lipinski definition) is 3. The van der Waals surface area contributed by atoms with Gasteiger partial charge in [0.25, 0.3) is 0 Å². The number of aromatic amines is 1. The summed E-state index contributed by atoms with van der Waals surface area (Å²) in [7, 11) is 0. The number of aromatic nitrogens is 2. The van der Waals surface area contributed by atoms with E-state index >= 15 is 0 Å². The molecule has 3 heterocycles. The minimum absolute atomic E-state index is 0.0907. The standard InChI is InChI=1S/C21H14ClN3OS/c1-11-8-13(9-16(22)19(11)23-3)14-10-15-17(26)6-7-24-21(15)25-20(14)18-5-4-12(2)27-18/h4-10H,1-2H3,(H,24,25,26). The molecule has 27 heavy (non-hydrogen) atoms. The number of nitrogens with one attached hydrogen (secondary N) is 1. The molecule has 0 amide bonds. The minimum Gasteiger partial charge on any atom is -0.346 e. The van der Waals surface area contributed by atoms with Crippen molar-refractivity contribution in [3.05, 3.63) is 79.7 Å². The number of halogens is 1. The highest BCUT2D eigenvalue weighted by Crippen LogP contribution is 2.39. The second-order valence-corrected chi connectivity index (χ2v) is 7.96. The Hall–Kier alpha value is -2.94.